The van der Waals surface area contributed by atoms with Crippen LogP contribution in [0.3, 0.4) is 0 Å². The predicted octanol–water partition coefficient (Wildman–Crippen LogP) is 5.55. The van der Waals surface area contributed by atoms with Gasteiger partial charge in [-0.15, -0.1) is 6.42 Å². The quantitative estimate of drug-likeness (QED) is 0.310. The third kappa shape index (κ3) is 5.79. The average molecular weight is 513 g/mol. The number of piperidine rings is 1. The first-order valence-corrected chi connectivity index (χ1v) is 12.5. The highest BCUT2D eigenvalue weighted by molar-refractivity contribution is 5.96. The summed E-state index contributed by atoms with van der Waals surface area (Å²) in [7, 11) is 3.75. The fourth-order valence-corrected chi connectivity index (χ4v) is 4.49. The number of aromatic nitrogens is 2. The summed E-state index contributed by atoms with van der Waals surface area (Å²) < 4.78 is 31.4. The van der Waals surface area contributed by atoms with E-state index in [0.717, 1.165) is 42.6 Å². The Labute approximate surface area is 221 Å². The Morgan fingerprint density at radius 1 is 1.08 bits per heavy atom. The molecular weight excluding hydrogens is 483 g/mol. The van der Waals surface area contributed by atoms with Crippen LogP contribution in [0.1, 0.15) is 24.0 Å². The van der Waals surface area contributed by atoms with Gasteiger partial charge in [0.1, 0.15) is 47.9 Å². The minimum absolute atomic E-state index is 0.0946. The van der Waals surface area contributed by atoms with Gasteiger partial charge in [-0.1, -0.05) is 18.1 Å². The molecule has 194 valence electrons. The lowest BCUT2D eigenvalue weighted by atomic mass is 10.1. The Morgan fingerprint density at radius 3 is 2.68 bits per heavy atom. The van der Waals surface area contributed by atoms with E-state index in [1.165, 1.54) is 18.5 Å². The van der Waals surface area contributed by atoms with Crippen molar-refractivity contribution in [3.8, 4) is 29.6 Å². The van der Waals surface area contributed by atoms with Crippen molar-refractivity contribution >= 4 is 22.4 Å². The number of hydrogen-bond donors (Lipinski definition) is 1. The van der Waals surface area contributed by atoms with E-state index in [1.807, 2.05) is 24.3 Å². The van der Waals surface area contributed by atoms with Crippen LogP contribution >= 0.6 is 0 Å². The van der Waals surface area contributed by atoms with Gasteiger partial charge in [0.15, 0.2) is 0 Å². The molecule has 1 aromatic heterocycles. The molecule has 38 heavy (non-hydrogen) atoms. The van der Waals surface area contributed by atoms with Gasteiger partial charge in [0.2, 0.25) is 0 Å². The number of rotatable bonds is 8. The van der Waals surface area contributed by atoms with Gasteiger partial charge in [-0.3, -0.25) is 0 Å². The van der Waals surface area contributed by atoms with Crippen LogP contribution in [0.4, 0.5) is 15.9 Å². The molecule has 5 rings (SSSR count). The van der Waals surface area contributed by atoms with Gasteiger partial charge in [0.05, 0.1) is 23.6 Å². The molecule has 1 aliphatic heterocycles. The Bertz CT molecular complexity index is 1480. The van der Waals surface area contributed by atoms with Crippen molar-refractivity contribution < 1.29 is 18.6 Å². The van der Waals surface area contributed by atoms with Crippen LogP contribution in [-0.2, 0) is 6.61 Å². The number of nitrogens with zero attached hydrogens (tertiary/aromatic N) is 3. The number of halogens is 1. The van der Waals surface area contributed by atoms with Crippen LogP contribution in [-0.4, -0.2) is 48.2 Å². The molecule has 0 amide bonds. The second kappa shape index (κ2) is 11.4. The minimum Gasteiger partial charge on any atom is -0.497 e. The first-order valence-electron chi connectivity index (χ1n) is 12.5. The number of nitrogens with one attached hydrogen (secondary N) is 1. The normalized spacial score (nSPS) is 14.2. The predicted molar refractivity (Wildman–Crippen MR) is 146 cm³/mol. The first-order chi connectivity index (χ1) is 18.5. The van der Waals surface area contributed by atoms with Gasteiger partial charge >= 0.3 is 0 Å². The lowest BCUT2D eigenvalue weighted by Gasteiger charge is -2.29. The van der Waals surface area contributed by atoms with Crippen LogP contribution in [0.5, 0.6) is 17.2 Å². The second-order valence-electron chi connectivity index (χ2n) is 9.26. The molecule has 1 saturated heterocycles. The molecule has 0 saturated carbocycles. The van der Waals surface area contributed by atoms with E-state index in [4.69, 9.17) is 20.6 Å². The molecule has 1 aliphatic rings. The van der Waals surface area contributed by atoms with Crippen molar-refractivity contribution in [3.63, 3.8) is 0 Å². The third-order valence-corrected chi connectivity index (χ3v) is 6.55. The minimum atomic E-state index is -0.309. The van der Waals surface area contributed by atoms with Crippen molar-refractivity contribution in [2.24, 2.45) is 0 Å². The zero-order chi connectivity index (χ0) is 26.5. The fraction of sp³-hybridized carbons (Fsp3) is 0.267. The largest absolute Gasteiger partial charge is 0.497 e. The molecule has 8 heteroatoms. The lowest BCUT2D eigenvalue weighted by Crippen LogP contribution is -2.35. The van der Waals surface area contributed by atoms with E-state index >= 15 is 0 Å². The number of benzene rings is 3. The van der Waals surface area contributed by atoms with Gasteiger partial charge in [-0.25, -0.2) is 14.4 Å². The SMILES string of the molecule is C#Cc1cc(Nc2ncnc3cc(OC)cc(OC4CCN(C)CC4)c23)ccc1OCc1cccc(F)c1. The lowest BCUT2D eigenvalue weighted by molar-refractivity contribution is 0.115. The second-order valence-corrected chi connectivity index (χ2v) is 9.26. The van der Waals surface area contributed by atoms with Crippen LogP contribution in [0.2, 0.25) is 0 Å². The van der Waals surface area contributed by atoms with Gasteiger partial charge in [-0.2, -0.15) is 0 Å². The number of anilines is 2. The average Bonchev–Trinajstić information content (AvgIpc) is 2.93. The van der Waals surface area contributed by atoms with Crippen molar-refractivity contribution in [1.82, 2.24) is 14.9 Å². The molecule has 3 aromatic carbocycles. The van der Waals surface area contributed by atoms with E-state index in [0.29, 0.717) is 34.1 Å². The third-order valence-electron chi connectivity index (χ3n) is 6.55. The topological polar surface area (TPSA) is 68.7 Å². The van der Waals surface area contributed by atoms with Crippen LogP contribution in [0.15, 0.2) is 60.9 Å². The first kappa shape index (κ1) is 25.3. The summed E-state index contributed by atoms with van der Waals surface area (Å²) >= 11 is 0. The summed E-state index contributed by atoms with van der Waals surface area (Å²) in [5.74, 6) is 4.83. The maximum atomic E-state index is 13.5. The summed E-state index contributed by atoms with van der Waals surface area (Å²) in [5, 5.41) is 4.14. The molecule has 1 fully saturated rings. The zero-order valence-corrected chi connectivity index (χ0v) is 21.4. The van der Waals surface area contributed by atoms with Gasteiger partial charge in [0.25, 0.3) is 0 Å². The van der Waals surface area contributed by atoms with Crippen LogP contribution in [0, 0.1) is 18.2 Å². The number of methoxy groups -OCH3 is 1. The van der Waals surface area contributed by atoms with Gasteiger partial charge in [-0.05, 0) is 55.8 Å². The highest BCUT2D eigenvalue weighted by atomic mass is 19.1. The number of fused-ring (bicyclic) bond motifs is 1. The monoisotopic (exact) mass is 512 g/mol. The zero-order valence-electron chi connectivity index (χ0n) is 21.4. The van der Waals surface area contributed by atoms with E-state index in [2.05, 4.69) is 33.2 Å². The fourth-order valence-electron chi connectivity index (χ4n) is 4.49. The van der Waals surface area contributed by atoms with E-state index in [-0.39, 0.29) is 18.5 Å². The van der Waals surface area contributed by atoms with E-state index in [1.54, 1.807) is 25.3 Å². The molecule has 0 radical (unpaired) electrons. The molecule has 0 atom stereocenters. The van der Waals surface area contributed by atoms with E-state index < -0.39 is 0 Å². The Morgan fingerprint density at radius 2 is 1.92 bits per heavy atom. The Hall–Kier alpha value is -4.35. The number of likely N-dealkylation sites (tertiary alicyclic amines) is 1. The molecular formula is C30H29FN4O3. The smallest absolute Gasteiger partial charge is 0.145 e. The highest BCUT2D eigenvalue weighted by Gasteiger charge is 2.21. The van der Waals surface area contributed by atoms with Gasteiger partial charge in [0, 0.05) is 30.9 Å². The van der Waals surface area contributed by atoms with Crippen LogP contribution < -0.4 is 19.5 Å². The Kier molecular flexibility index (Phi) is 7.57. The Balaban J connectivity index is 1.41. The highest BCUT2D eigenvalue weighted by Crippen LogP contribution is 2.37. The van der Waals surface area contributed by atoms with Crippen LogP contribution in [0.25, 0.3) is 10.9 Å². The van der Waals surface area contributed by atoms with Crippen molar-refractivity contribution in [2.75, 3.05) is 32.6 Å². The summed E-state index contributed by atoms with van der Waals surface area (Å²) in [6.45, 7) is 2.17. The molecule has 2 heterocycles. The maximum Gasteiger partial charge on any atom is 0.145 e. The van der Waals surface area contributed by atoms with E-state index in [9.17, 15) is 4.39 Å². The number of hydrogen-bond acceptors (Lipinski definition) is 7. The van der Waals surface area contributed by atoms with Crippen molar-refractivity contribution in [3.05, 3.63) is 77.9 Å². The summed E-state index contributed by atoms with van der Waals surface area (Å²) in [5.41, 5.74) is 2.72. The summed E-state index contributed by atoms with van der Waals surface area (Å²) in [6.07, 6.45) is 9.26. The summed E-state index contributed by atoms with van der Waals surface area (Å²) in [4.78, 5) is 11.3. The number of terminal acetylenes is 1. The molecule has 4 aromatic rings. The van der Waals surface area contributed by atoms with Crippen molar-refractivity contribution in [2.45, 2.75) is 25.6 Å². The maximum absolute atomic E-state index is 13.5. The van der Waals surface area contributed by atoms with Crippen molar-refractivity contribution in [1.29, 1.82) is 0 Å². The van der Waals surface area contributed by atoms with Gasteiger partial charge < -0.3 is 24.4 Å². The standard InChI is InChI=1S/C30H29FN4O3/c1-4-21-15-23(8-9-27(21)37-18-20-6-5-7-22(31)14-20)34-30-29-26(32-19-33-30)16-25(36-3)17-28(29)38-24-10-12-35(2)13-11-24/h1,5-9,14-17,19,24H,10-13,18H2,2-3H3,(H,32,33,34). The molecule has 1 N–H and O–H groups in total. The summed E-state index contributed by atoms with van der Waals surface area (Å²) in [6, 6.07) is 15.5. The molecule has 0 aliphatic carbocycles. The molecule has 0 bridgehead atoms. The molecule has 0 spiro atoms. The molecule has 7 nitrogen and oxygen atoms in total. The number of ether oxygens (including phenoxy) is 3. The molecule has 0 unspecified atom stereocenters.